The summed E-state index contributed by atoms with van der Waals surface area (Å²) in [5, 5.41) is 8.64. The molecule has 0 saturated heterocycles. The lowest BCUT2D eigenvalue weighted by Crippen LogP contribution is -2.35. The zero-order valence-corrected chi connectivity index (χ0v) is 24.2. The summed E-state index contributed by atoms with van der Waals surface area (Å²) in [7, 11) is 0. The summed E-state index contributed by atoms with van der Waals surface area (Å²) in [6.45, 7) is 16.4. The zero-order valence-electron chi connectivity index (χ0n) is 24.2. The van der Waals surface area contributed by atoms with E-state index >= 15 is 0 Å². The van der Waals surface area contributed by atoms with Crippen LogP contribution in [-0.4, -0.2) is 19.2 Å². The lowest BCUT2D eigenvalue weighted by atomic mass is 9.68. The molecule has 2 aromatic carbocycles. The first-order chi connectivity index (χ1) is 17.6. The Hall–Kier alpha value is -2.69. The molecular weight excluding hydrogens is 460 g/mol. The van der Waals surface area contributed by atoms with Crippen molar-refractivity contribution in [2.24, 2.45) is 27.0 Å². The highest BCUT2D eigenvalue weighted by atomic mass is 16.5. The number of azo groups is 1. The normalized spacial score (nSPS) is 13.1. The van der Waals surface area contributed by atoms with Crippen LogP contribution in [0.4, 0.5) is 11.4 Å². The minimum Gasteiger partial charge on any atom is -0.494 e. The molecule has 5 heteroatoms. The Kier molecular flexibility index (Phi) is 12.3. The fraction of sp³-hybridized carbons (Fsp3) is 0.594. The van der Waals surface area contributed by atoms with Gasteiger partial charge in [-0.1, -0.05) is 72.6 Å². The molecule has 0 aliphatic rings. The Morgan fingerprint density at radius 1 is 0.838 bits per heavy atom. The van der Waals surface area contributed by atoms with E-state index in [0.29, 0.717) is 13.2 Å². The van der Waals surface area contributed by atoms with Crippen LogP contribution in [0, 0.1) is 23.7 Å². The Balaban J connectivity index is 1.65. The summed E-state index contributed by atoms with van der Waals surface area (Å²) < 4.78 is 11.6. The van der Waals surface area contributed by atoms with Crippen molar-refractivity contribution in [3.05, 3.63) is 54.1 Å². The van der Waals surface area contributed by atoms with Crippen LogP contribution in [0.1, 0.15) is 92.1 Å². The Labute approximate surface area is 225 Å². The Morgan fingerprint density at radius 3 is 2.11 bits per heavy atom. The molecule has 0 bridgehead atoms. The second kappa shape index (κ2) is 14.9. The first-order valence-electron chi connectivity index (χ1n) is 13.9. The van der Waals surface area contributed by atoms with E-state index in [1.807, 2.05) is 55.5 Å². The molecule has 0 heterocycles. The molecule has 37 heavy (non-hydrogen) atoms. The van der Waals surface area contributed by atoms with Crippen molar-refractivity contribution in [3.63, 3.8) is 0 Å². The van der Waals surface area contributed by atoms with Gasteiger partial charge in [-0.15, -0.1) is 0 Å². The quantitative estimate of drug-likeness (QED) is 0.129. The van der Waals surface area contributed by atoms with Gasteiger partial charge in [-0.3, -0.25) is 4.79 Å². The van der Waals surface area contributed by atoms with Crippen LogP contribution in [0.25, 0.3) is 0 Å². The van der Waals surface area contributed by atoms with Gasteiger partial charge in [0.05, 0.1) is 30.5 Å². The third-order valence-electron chi connectivity index (χ3n) is 7.63. The van der Waals surface area contributed by atoms with Crippen LogP contribution >= 0.6 is 0 Å². The molecule has 0 saturated carbocycles. The van der Waals surface area contributed by atoms with E-state index in [1.165, 1.54) is 0 Å². The van der Waals surface area contributed by atoms with E-state index in [-0.39, 0.29) is 22.7 Å². The molecule has 204 valence electrons. The van der Waals surface area contributed by atoms with Gasteiger partial charge in [0.15, 0.2) is 0 Å². The highest BCUT2D eigenvalue weighted by Crippen LogP contribution is 2.40. The number of aryl methyl sites for hydroxylation is 1. The number of nitrogens with zero attached hydrogens (tertiary/aromatic N) is 2. The average Bonchev–Trinajstić information content (AvgIpc) is 2.89. The van der Waals surface area contributed by atoms with Crippen LogP contribution in [-0.2, 0) is 9.53 Å². The van der Waals surface area contributed by atoms with Crippen molar-refractivity contribution < 1.29 is 14.3 Å². The maximum absolute atomic E-state index is 12.9. The number of esters is 1. The van der Waals surface area contributed by atoms with Crippen LogP contribution in [0.15, 0.2) is 58.8 Å². The van der Waals surface area contributed by atoms with Gasteiger partial charge in [-0.25, -0.2) is 0 Å². The minimum absolute atomic E-state index is 0.0291. The van der Waals surface area contributed by atoms with Crippen molar-refractivity contribution in [1.82, 2.24) is 0 Å². The highest BCUT2D eigenvalue weighted by molar-refractivity contribution is 5.73. The molecule has 0 N–H and O–H groups in total. The second-order valence-electron chi connectivity index (χ2n) is 11.5. The Morgan fingerprint density at radius 2 is 1.49 bits per heavy atom. The maximum atomic E-state index is 12.9. The third kappa shape index (κ3) is 10.7. The number of hydrogen-bond acceptors (Lipinski definition) is 5. The first kappa shape index (κ1) is 30.5. The standard InChI is InChI=1S/C32H48N2O3/c1-8-31(4,5)24-28(32(6,7)9-2)30(35)37-23-15-11-10-14-22-36-27-20-18-26(19-21-27)33-34-29-17-13-12-16-25(29)3/h12-13,16-21,28H,8-11,14-15,22-24H2,1-7H3. The van der Waals surface area contributed by atoms with Gasteiger partial charge >= 0.3 is 5.97 Å². The first-order valence-corrected chi connectivity index (χ1v) is 13.9. The van der Waals surface area contributed by atoms with Gasteiger partial charge in [0.2, 0.25) is 0 Å². The fourth-order valence-corrected chi connectivity index (χ4v) is 4.04. The summed E-state index contributed by atoms with van der Waals surface area (Å²) in [6, 6.07) is 15.6. The SMILES string of the molecule is CCC(C)(C)CC(C(=O)OCCCCCCOc1ccc(N=Nc2ccccc2C)cc1)C(C)(C)CC. The van der Waals surface area contributed by atoms with Gasteiger partial charge in [0, 0.05) is 0 Å². The number of carbonyl (C=O) groups excluding carboxylic acids is 1. The topological polar surface area (TPSA) is 60.2 Å². The second-order valence-corrected chi connectivity index (χ2v) is 11.5. The Bertz CT molecular complexity index is 980. The van der Waals surface area contributed by atoms with E-state index in [9.17, 15) is 4.79 Å². The van der Waals surface area contributed by atoms with Gasteiger partial charge in [-0.05, 0) is 85.8 Å². The smallest absolute Gasteiger partial charge is 0.309 e. The molecule has 0 aliphatic carbocycles. The summed E-state index contributed by atoms with van der Waals surface area (Å²) in [6.07, 6.45) is 6.83. The lowest BCUT2D eigenvalue weighted by molar-refractivity contribution is -0.154. The van der Waals surface area contributed by atoms with Gasteiger partial charge in [-0.2, -0.15) is 10.2 Å². The molecule has 0 fully saturated rings. The fourth-order valence-electron chi connectivity index (χ4n) is 4.04. The van der Waals surface area contributed by atoms with Gasteiger partial charge in [0.25, 0.3) is 0 Å². The summed E-state index contributed by atoms with van der Waals surface area (Å²) >= 11 is 0. The summed E-state index contributed by atoms with van der Waals surface area (Å²) in [4.78, 5) is 12.9. The van der Waals surface area contributed by atoms with E-state index in [0.717, 1.165) is 67.6 Å². The number of benzene rings is 2. The van der Waals surface area contributed by atoms with Gasteiger partial charge in [0.1, 0.15) is 5.75 Å². The monoisotopic (exact) mass is 508 g/mol. The molecule has 0 aliphatic heterocycles. The molecule has 0 aromatic heterocycles. The highest BCUT2D eigenvalue weighted by Gasteiger charge is 2.38. The van der Waals surface area contributed by atoms with Crippen molar-refractivity contribution in [1.29, 1.82) is 0 Å². The van der Waals surface area contributed by atoms with Crippen LogP contribution in [0.5, 0.6) is 5.75 Å². The predicted molar refractivity (Wildman–Crippen MR) is 153 cm³/mol. The van der Waals surface area contributed by atoms with E-state index in [2.05, 4.69) is 51.8 Å². The van der Waals surface area contributed by atoms with Crippen LogP contribution in [0.3, 0.4) is 0 Å². The average molecular weight is 509 g/mol. The maximum Gasteiger partial charge on any atom is 0.309 e. The largest absolute Gasteiger partial charge is 0.494 e. The number of carbonyl (C=O) groups is 1. The molecule has 2 rings (SSSR count). The van der Waals surface area contributed by atoms with E-state index in [4.69, 9.17) is 9.47 Å². The van der Waals surface area contributed by atoms with Crippen LogP contribution in [0.2, 0.25) is 0 Å². The van der Waals surface area contributed by atoms with Crippen LogP contribution < -0.4 is 4.74 Å². The molecule has 1 atom stereocenters. The third-order valence-corrected chi connectivity index (χ3v) is 7.63. The van der Waals surface area contributed by atoms with Crippen molar-refractivity contribution in [3.8, 4) is 5.75 Å². The molecular formula is C32H48N2O3. The lowest BCUT2D eigenvalue weighted by Gasteiger charge is -2.37. The summed E-state index contributed by atoms with van der Waals surface area (Å²) in [5.74, 6) is 0.748. The zero-order chi connectivity index (χ0) is 27.3. The minimum atomic E-state index is -0.0591. The molecule has 1 unspecified atom stereocenters. The molecule has 0 spiro atoms. The van der Waals surface area contributed by atoms with Crippen molar-refractivity contribution in [2.75, 3.05) is 13.2 Å². The number of unbranched alkanes of at least 4 members (excludes halogenated alkanes) is 3. The number of hydrogen-bond donors (Lipinski definition) is 0. The van der Waals surface area contributed by atoms with Gasteiger partial charge < -0.3 is 9.47 Å². The molecule has 5 nitrogen and oxygen atoms in total. The van der Waals surface area contributed by atoms with Crippen molar-refractivity contribution in [2.45, 2.75) is 93.4 Å². The van der Waals surface area contributed by atoms with E-state index in [1.54, 1.807) is 0 Å². The number of rotatable bonds is 16. The number of ether oxygens (including phenoxy) is 2. The predicted octanol–water partition coefficient (Wildman–Crippen LogP) is 9.77. The van der Waals surface area contributed by atoms with E-state index < -0.39 is 0 Å². The van der Waals surface area contributed by atoms with Crippen molar-refractivity contribution >= 4 is 17.3 Å². The molecule has 2 aromatic rings. The molecule has 0 radical (unpaired) electrons. The molecule has 0 amide bonds. The summed E-state index contributed by atoms with van der Waals surface area (Å²) in [5.41, 5.74) is 2.87.